The lowest BCUT2D eigenvalue weighted by Crippen LogP contribution is -2.52. The second kappa shape index (κ2) is 11.3. The summed E-state index contributed by atoms with van der Waals surface area (Å²) in [7, 11) is 0. The number of nitrogens with one attached hydrogen (secondary N) is 1. The molecule has 2 aromatic rings. The molecule has 2 aliphatic rings. The molecule has 0 saturated carbocycles. The molecule has 7 nitrogen and oxygen atoms in total. The van der Waals surface area contributed by atoms with Crippen molar-refractivity contribution in [2.75, 3.05) is 51.1 Å². The topological polar surface area (TPSA) is 73.0 Å². The number of hydrogen-bond acceptors (Lipinski definition) is 4. The number of amides is 3. The van der Waals surface area contributed by atoms with E-state index in [0.29, 0.717) is 52.2 Å². The quantitative estimate of drug-likeness (QED) is 0.654. The van der Waals surface area contributed by atoms with Crippen molar-refractivity contribution in [3.63, 3.8) is 0 Å². The predicted molar refractivity (Wildman–Crippen MR) is 132 cm³/mol. The molecule has 180 valence electrons. The summed E-state index contributed by atoms with van der Waals surface area (Å²) in [5.74, 6) is -0.159. The zero-order valence-corrected chi connectivity index (χ0v) is 19.9. The molecule has 0 aromatic heterocycles. The van der Waals surface area contributed by atoms with E-state index in [4.69, 9.17) is 0 Å². The minimum Gasteiger partial charge on any atom is -0.342 e. The molecule has 1 N–H and O–H groups in total. The molecule has 2 heterocycles. The lowest BCUT2D eigenvalue weighted by Gasteiger charge is -2.35. The van der Waals surface area contributed by atoms with E-state index in [1.54, 1.807) is 0 Å². The van der Waals surface area contributed by atoms with Crippen LogP contribution in [-0.2, 0) is 27.2 Å². The molecule has 2 aliphatic heterocycles. The maximum Gasteiger partial charge on any atom is 0.238 e. The Hall–Kier alpha value is -3.19. The minimum atomic E-state index is -0.260. The molecule has 3 amide bonds. The molecular weight excluding hydrogens is 428 g/mol. The van der Waals surface area contributed by atoms with Gasteiger partial charge in [-0.15, -0.1) is 0 Å². The summed E-state index contributed by atoms with van der Waals surface area (Å²) in [4.78, 5) is 43.8. The Morgan fingerprint density at radius 3 is 2.41 bits per heavy atom. The number of hydrogen-bond donors (Lipinski definition) is 1. The van der Waals surface area contributed by atoms with Crippen molar-refractivity contribution in [2.45, 2.75) is 26.2 Å². The van der Waals surface area contributed by atoms with Gasteiger partial charge in [-0.1, -0.05) is 55.5 Å². The van der Waals surface area contributed by atoms with E-state index in [1.165, 1.54) is 5.56 Å². The highest BCUT2D eigenvalue weighted by molar-refractivity contribution is 5.93. The lowest BCUT2D eigenvalue weighted by atomic mass is 10.1. The highest BCUT2D eigenvalue weighted by Crippen LogP contribution is 2.22. The standard InChI is InChI=1S/C27H34N4O3/c1-2-22-10-6-7-11-24(22)28-25(32)20-29-14-16-30(17-15-29)27(34)23-18-26(33)31(19-23)13-12-21-8-4-3-5-9-21/h3-11,23H,2,12-20H2,1H3,(H,28,32). The number of aryl methyl sites for hydroxylation is 1. The van der Waals surface area contributed by atoms with Crippen LogP contribution in [0.3, 0.4) is 0 Å². The van der Waals surface area contributed by atoms with Crippen LogP contribution in [0.1, 0.15) is 24.5 Å². The number of nitrogens with zero attached hydrogens (tertiary/aromatic N) is 3. The first-order valence-corrected chi connectivity index (χ1v) is 12.2. The zero-order chi connectivity index (χ0) is 23.9. The van der Waals surface area contributed by atoms with Gasteiger partial charge < -0.3 is 15.1 Å². The first-order chi connectivity index (χ1) is 16.5. The van der Waals surface area contributed by atoms with Crippen LogP contribution in [0.5, 0.6) is 0 Å². The van der Waals surface area contributed by atoms with E-state index in [2.05, 4.69) is 29.3 Å². The van der Waals surface area contributed by atoms with Crippen molar-refractivity contribution >= 4 is 23.4 Å². The second-order valence-corrected chi connectivity index (χ2v) is 9.14. The normalized spacial score (nSPS) is 18.9. The van der Waals surface area contributed by atoms with Gasteiger partial charge in [0, 0.05) is 51.4 Å². The van der Waals surface area contributed by atoms with Crippen molar-refractivity contribution in [2.24, 2.45) is 5.92 Å². The summed E-state index contributed by atoms with van der Waals surface area (Å²) in [6.07, 6.45) is 1.97. The highest BCUT2D eigenvalue weighted by Gasteiger charge is 2.37. The molecule has 7 heteroatoms. The minimum absolute atomic E-state index is 0.0314. The molecular formula is C27H34N4O3. The Balaban J connectivity index is 1.21. The average molecular weight is 463 g/mol. The van der Waals surface area contributed by atoms with Crippen molar-refractivity contribution in [3.05, 3.63) is 65.7 Å². The fourth-order valence-electron chi connectivity index (χ4n) is 4.79. The number of para-hydroxylation sites is 1. The van der Waals surface area contributed by atoms with Crippen LogP contribution in [0.4, 0.5) is 5.69 Å². The van der Waals surface area contributed by atoms with Gasteiger partial charge in [-0.05, 0) is 30.0 Å². The van der Waals surface area contributed by atoms with E-state index in [9.17, 15) is 14.4 Å². The van der Waals surface area contributed by atoms with E-state index in [1.807, 2.05) is 52.3 Å². The molecule has 4 rings (SSSR count). The summed E-state index contributed by atoms with van der Waals surface area (Å²) in [6, 6.07) is 18.0. The van der Waals surface area contributed by atoms with Gasteiger partial charge in [0.25, 0.3) is 0 Å². The largest absolute Gasteiger partial charge is 0.342 e. The first kappa shape index (κ1) is 24.0. The van der Waals surface area contributed by atoms with Crippen LogP contribution in [0.25, 0.3) is 0 Å². The molecule has 2 fully saturated rings. The Bertz CT molecular complexity index is 1000. The Kier molecular flexibility index (Phi) is 7.95. The predicted octanol–water partition coefficient (Wildman–Crippen LogP) is 2.42. The number of rotatable bonds is 8. The summed E-state index contributed by atoms with van der Waals surface area (Å²) in [5, 5.41) is 3.02. The van der Waals surface area contributed by atoms with Crippen molar-refractivity contribution in [1.82, 2.24) is 14.7 Å². The molecule has 1 unspecified atom stereocenters. The number of likely N-dealkylation sites (tertiary alicyclic amines) is 1. The van der Waals surface area contributed by atoms with Gasteiger partial charge in [-0.25, -0.2) is 0 Å². The summed E-state index contributed by atoms with van der Waals surface area (Å²) in [5.41, 5.74) is 3.19. The third kappa shape index (κ3) is 6.03. The van der Waals surface area contributed by atoms with Gasteiger partial charge in [0.2, 0.25) is 17.7 Å². The second-order valence-electron chi connectivity index (χ2n) is 9.14. The maximum atomic E-state index is 13.1. The SMILES string of the molecule is CCc1ccccc1NC(=O)CN1CCN(C(=O)C2CC(=O)N(CCc3ccccc3)C2)CC1. The molecule has 0 spiro atoms. The fourth-order valence-corrected chi connectivity index (χ4v) is 4.79. The number of piperazine rings is 1. The Morgan fingerprint density at radius 1 is 0.971 bits per heavy atom. The fraction of sp³-hybridized carbons (Fsp3) is 0.444. The van der Waals surface area contributed by atoms with E-state index < -0.39 is 0 Å². The summed E-state index contributed by atoms with van der Waals surface area (Å²) >= 11 is 0. The van der Waals surface area contributed by atoms with Crippen LogP contribution < -0.4 is 5.32 Å². The van der Waals surface area contributed by atoms with Crippen molar-refractivity contribution in [3.8, 4) is 0 Å². The number of carbonyl (C=O) groups excluding carboxylic acids is 3. The maximum absolute atomic E-state index is 13.1. The monoisotopic (exact) mass is 462 g/mol. The van der Waals surface area contributed by atoms with E-state index in [0.717, 1.165) is 24.1 Å². The molecule has 0 bridgehead atoms. The van der Waals surface area contributed by atoms with Gasteiger partial charge in [0.15, 0.2) is 0 Å². The van der Waals surface area contributed by atoms with Crippen LogP contribution in [-0.4, -0.2) is 78.2 Å². The lowest BCUT2D eigenvalue weighted by molar-refractivity contribution is -0.137. The number of carbonyl (C=O) groups is 3. The Labute approximate surface area is 201 Å². The molecule has 2 aromatic carbocycles. The third-order valence-corrected chi connectivity index (χ3v) is 6.80. The zero-order valence-electron chi connectivity index (χ0n) is 19.9. The molecule has 1 atom stereocenters. The summed E-state index contributed by atoms with van der Waals surface area (Å²) < 4.78 is 0. The number of anilines is 1. The Morgan fingerprint density at radius 2 is 1.68 bits per heavy atom. The average Bonchev–Trinajstić information content (AvgIpc) is 3.24. The highest BCUT2D eigenvalue weighted by atomic mass is 16.2. The molecule has 34 heavy (non-hydrogen) atoms. The molecule has 2 saturated heterocycles. The van der Waals surface area contributed by atoms with Crippen LogP contribution in [0.15, 0.2) is 54.6 Å². The van der Waals surface area contributed by atoms with Crippen molar-refractivity contribution in [1.29, 1.82) is 0 Å². The smallest absolute Gasteiger partial charge is 0.238 e. The van der Waals surface area contributed by atoms with Crippen LogP contribution in [0, 0.1) is 5.92 Å². The van der Waals surface area contributed by atoms with Crippen molar-refractivity contribution < 1.29 is 14.4 Å². The molecule has 0 aliphatic carbocycles. The molecule has 0 radical (unpaired) electrons. The van der Waals surface area contributed by atoms with E-state index in [-0.39, 0.29) is 23.6 Å². The van der Waals surface area contributed by atoms with Crippen LogP contribution in [0.2, 0.25) is 0 Å². The van der Waals surface area contributed by atoms with Gasteiger partial charge >= 0.3 is 0 Å². The van der Waals surface area contributed by atoms with Gasteiger partial charge in [0.05, 0.1) is 12.5 Å². The third-order valence-electron chi connectivity index (χ3n) is 6.80. The van der Waals surface area contributed by atoms with E-state index >= 15 is 0 Å². The first-order valence-electron chi connectivity index (χ1n) is 12.2. The number of benzene rings is 2. The van der Waals surface area contributed by atoms with Gasteiger partial charge in [-0.2, -0.15) is 0 Å². The van der Waals surface area contributed by atoms with Crippen LogP contribution >= 0.6 is 0 Å². The van der Waals surface area contributed by atoms with Gasteiger partial charge in [0.1, 0.15) is 0 Å². The summed E-state index contributed by atoms with van der Waals surface area (Å²) in [6.45, 7) is 6.04. The van der Waals surface area contributed by atoms with Gasteiger partial charge in [-0.3, -0.25) is 19.3 Å².